The van der Waals surface area contributed by atoms with Crippen LogP contribution in [-0.4, -0.2) is 11.8 Å². The first-order valence-electron chi connectivity index (χ1n) is 11.6. The molecular weight excluding hydrogens is 444 g/mol. The number of rotatable bonds is 6. The van der Waals surface area contributed by atoms with Crippen molar-refractivity contribution in [3.63, 3.8) is 0 Å². The molecule has 5 aromatic rings. The summed E-state index contributed by atoms with van der Waals surface area (Å²) in [7, 11) is 0. The molecule has 4 nitrogen and oxygen atoms in total. The first kappa shape index (κ1) is 22.8. The van der Waals surface area contributed by atoms with Crippen LogP contribution in [0.4, 0.5) is 0 Å². The van der Waals surface area contributed by atoms with Gasteiger partial charge in [-0.25, -0.2) is 0 Å². The fourth-order valence-electron chi connectivity index (χ4n) is 4.44. The predicted octanol–water partition coefficient (Wildman–Crippen LogP) is 6.55. The Morgan fingerprint density at radius 1 is 0.389 bits per heavy atom. The average molecular weight is 469 g/mol. The summed E-state index contributed by atoms with van der Waals surface area (Å²) in [5, 5.41) is 0. The Morgan fingerprint density at radius 2 is 0.722 bits per heavy atom. The summed E-state index contributed by atoms with van der Waals surface area (Å²) in [4.78, 5) is 23.8. The molecule has 0 aromatic heterocycles. The van der Waals surface area contributed by atoms with E-state index >= 15 is 0 Å². The zero-order chi connectivity index (χ0) is 25.1. The van der Waals surface area contributed by atoms with Gasteiger partial charge in [-0.2, -0.15) is 0 Å². The number of nitrogens with two attached hydrogens (primary N) is 2. The fraction of sp³-hybridized carbons (Fsp3) is 0. The highest BCUT2D eigenvalue weighted by Crippen LogP contribution is 2.37. The van der Waals surface area contributed by atoms with Gasteiger partial charge >= 0.3 is 0 Å². The SMILES string of the molecule is NC(=O)c1ccc(-c2ccccc2)c(-c2ccc(-c3cc(C(N)=O)ccc3-c3ccccc3)cc2)c1. The largest absolute Gasteiger partial charge is 0.366 e. The lowest BCUT2D eigenvalue weighted by molar-refractivity contribution is 0.0992. The number of hydrogen-bond acceptors (Lipinski definition) is 2. The molecule has 174 valence electrons. The van der Waals surface area contributed by atoms with Crippen molar-refractivity contribution in [2.24, 2.45) is 11.5 Å². The molecule has 0 heterocycles. The van der Waals surface area contributed by atoms with E-state index in [0.29, 0.717) is 11.1 Å². The van der Waals surface area contributed by atoms with Gasteiger partial charge in [0, 0.05) is 11.1 Å². The lowest BCUT2D eigenvalue weighted by atomic mass is 9.89. The minimum Gasteiger partial charge on any atom is -0.366 e. The van der Waals surface area contributed by atoms with Crippen molar-refractivity contribution in [2.75, 3.05) is 0 Å². The minimum atomic E-state index is -0.469. The standard InChI is InChI=1S/C32H24N2O2/c33-31(35)25-15-17-27(21-7-3-1-4-8-21)29(19-25)23-11-13-24(14-12-23)30-20-26(32(34)36)16-18-28(30)22-9-5-2-6-10-22/h1-20H,(H2,33,35)(H2,34,36). The van der Waals surface area contributed by atoms with E-state index in [1.54, 1.807) is 12.1 Å². The number of carbonyl (C=O) groups is 2. The van der Waals surface area contributed by atoms with Crippen LogP contribution >= 0.6 is 0 Å². The van der Waals surface area contributed by atoms with E-state index in [4.69, 9.17) is 11.5 Å². The van der Waals surface area contributed by atoms with Crippen LogP contribution in [0.25, 0.3) is 44.5 Å². The number of primary amides is 2. The topological polar surface area (TPSA) is 86.2 Å². The Kier molecular flexibility index (Phi) is 6.16. The van der Waals surface area contributed by atoms with Crippen LogP contribution in [0.2, 0.25) is 0 Å². The second kappa shape index (κ2) is 9.72. The lowest BCUT2D eigenvalue weighted by Gasteiger charge is -2.14. The lowest BCUT2D eigenvalue weighted by Crippen LogP contribution is -2.11. The second-order valence-corrected chi connectivity index (χ2v) is 8.56. The third kappa shape index (κ3) is 4.52. The molecule has 0 aliphatic rings. The Labute approximate surface area is 209 Å². The van der Waals surface area contributed by atoms with E-state index in [1.165, 1.54) is 0 Å². The molecule has 5 rings (SSSR count). The van der Waals surface area contributed by atoms with Gasteiger partial charge in [-0.3, -0.25) is 9.59 Å². The Morgan fingerprint density at radius 3 is 1.06 bits per heavy atom. The van der Waals surface area contributed by atoms with Crippen LogP contribution in [0, 0.1) is 0 Å². The maximum Gasteiger partial charge on any atom is 0.248 e. The molecule has 0 aliphatic carbocycles. The fourth-order valence-corrected chi connectivity index (χ4v) is 4.44. The van der Waals surface area contributed by atoms with Gasteiger partial charge in [0.05, 0.1) is 0 Å². The van der Waals surface area contributed by atoms with Gasteiger partial charge in [-0.05, 0) is 68.8 Å². The number of amides is 2. The van der Waals surface area contributed by atoms with Crippen molar-refractivity contribution >= 4 is 11.8 Å². The highest BCUT2D eigenvalue weighted by atomic mass is 16.1. The van der Waals surface area contributed by atoms with E-state index in [2.05, 4.69) is 0 Å². The minimum absolute atomic E-state index is 0.453. The summed E-state index contributed by atoms with van der Waals surface area (Å²) in [6.07, 6.45) is 0. The van der Waals surface area contributed by atoms with Crippen LogP contribution in [0.1, 0.15) is 20.7 Å². The number of hydrogen-bond donors (Lipinski definition) is 2. The molecule has 0 atom stereocenters. The van der Waals surface area contributed by atoms with Gasteiger partial charge < -0.3 is 11.5 Å². The maximum absolute atomic E-state index is 11.9. The highest BCUT2D eigenvalue weighted by Gasteiger charge is 2.14. The molecule has 0 aliphatic heterocycles. The smallest absolute Gasteiger partial charge is 0.248 e. The van der Waals surface area contributed by atoms with Gasteiger partial charge in [0.2, 0.25) is 11.8 Å². The summed E-state index contributed by atoms with van der Waals surface area (Å²) < 4.78 is 0. The summed E-state index contributed by atoms with van der Waals surface area (Å²) in [6.45, 7) is 0. The van der Waals surface area contributed by atoms with Crippen LogP contribution in [0.15, 0.2) is 121 Å². The zero-order valence-electron chi connectivity index (χ0n) is 19.5. The molecule has 4 N–H and O–H groups in total. The molecule has 5 aromatic carbocycles. The molecule has 0 saturated carbocycles. The van der Waals surface area contributed by atoms with Crippen LogP contribution < -0.4 is 11.5 Å². The first-order chi connectivity index (χ1) is 17.5. The highest BCUT2D eigenvalue weighted by molar-refractivity contribution is 5.98. The third-order valence-electron chi connectivity index (χ3n) is 6.28. The molecule has 0 radical (unpaired) electrons. The molecule has 4 heteroatoms. The van der Waals surface area contributed by atoms with E-state index < -0.39 is 11.8 Å². The van der Waals surface area contributed by atoms with E-state index in [9.17, 15) is 9.59 Å². The average Bonchev–Trinajstić information content (AvgIpc) is 2.93. The van der Waals surface area contributed by atoms with E-state index in [1.807, 2.05) is 109 Å². The van der Waals surface area contributed by atoms with Gasteiger partial charge in [0.15, 0.2) is 0 Å². The van der Waals surface area contributed by atoms with Crippen LogP contribution in [0.5, 0.6) is 0 Å². The van der Waals surface area contributed by atoms with Crippen LogP contribution in [-0.2, 0) is 0 Å². The van der Waals surface area contributed by atoms with Crippen molar-refractivity contribution in [3.05, 3.63) is 132 Å². The number of carbonyl (C=O) groups excluding carboxylic acids is 2. The summed E-state index contributed by atoms with van der Waals surface area (Å²) in [5.41, 5.74) is 19.9. The molecule has 0 unspecified atom stereocenters. The molecule has 0 saturated heterocycles. The van der Waals surface area contributed by atoms with Crippen LogP contribution in [0.3, 0.4) is 0 Å². The first-order valence-corrected chi connectivity index (χ1v) is 11.6. The normalized spacial score (nSPS) is 10.7. The summed E-state index contributed by atoms with van der Waals surface area (Å²) in [5.74, 6) is -0.938. The van der Waals surface area contributed by atoms with Crippen molar-refractivity contribution in [1.29, 1.82) is 0 Å². The van der Waals surface area contributed by atoms with Gasteiger partial charge in [0.25, 0.3) is 0 Å². The van der Waals surface area contributed by atoms with Crippen molar-refractivity contribution in [2.45, 2.75) is 0 Å². The Bertz CT molecular complexity index is 1440. The van der Waals surface area contributed by atoms with Gasteiger partial charge in [-0.15, -0.1) is 0 Å². The molecule has 0 bridgehead atoms. The predicted molar refractivity (Wildman–Crippen MR) is 145 cm³/mol. The maximum atomic E-state index is 11.9. The number of benzene rings is 5. The van der Waals surface area contributed by atoms with Crippen molar-refractivity contribution in [1.82, 2.24) is 0 Å². The monoisotopic (exact) mass is 468 g/mol. The molecule has 0 fully saturated rings. The quantitative estimate of drug-likeness (QED) is 0.296. The molecule has 0 spiro atoms. The second-order valence-electron chi connectivity index (χ2n) is 8.56. The zero-order valence-corrected chi connectivity index (χ0v) is 19.5. The van der Waals surface area contributed by atoms with Crippen molar-refractivity contribution in [3.8, 4) is 44.5 Å². The Balaban J connectivity index is 1.63. The Hall–Kier alpha value is -4.96. The summed E-state index contributed by atoms with van der Waals surface area (Å²) in [6, 6.07) is 39.2. The van der Waals surface area contributed by atoms with E-state index in [0.717, 1.165) is 44.5 Å². The van der Waals surface area contributed by atoms with Crippen molar-refractivity contribution < 1.29 is 9.59 Å². The molecule has 36 heavy (non-hydrogen) atoms. The summed E-state index contributed by atoms with van der Waals surface area (Å²) >= 11 is 0. The van der Waals surface area contributed by atoms with Gasteiger partial charge in [0.1, 0.15) is 0 Å². The molecular formula is C32H24N2O2. The third-order valence-corrected chi connectivity index (χ3v) is 6.28. The van der Waals surface area contributed by atoms with E-state index in [-0.39, 0.29) is 0 Å². The van der Waals surface area contributed by atoms with Gasteiger partial charge in [-0.1, -0.05) is 97.1 Å². The molecule has 2 amide bonds.